The summed E-state index contributed by atoms with van der Waals surface area (Å²) in [5, 5.41) is 22.4. The molecule has 6 aromatic rings. The van der Waals surface area contributed by atoms with Crippen LogP contribution >= 0.6 is 0 Å². The highest BCUT2D eigenvalue weighted by Gasteiger charge is 2.20. The lowest BCUT2D eigenvalue weighted by atomic mass is 9.98. The Labute approximate surface area is 263 Å². The van der Waals surface area contributed by atoms with E-state index < -0.39 is 17.8 Å². The first-order valence-corrected chi connectivity index (χ1v) is 14.5. The summed E-state index contributed by atoms with van der Waals surface area (Å²) in [6, 6.07) is 31.6. The molecule has 0 aliphatic rings. The molecule has 5 aromatic carbocycles. The molecule has 0 saturated heterocycles. The molecule has 0 aliphatic heterocycles. The predicted octanol–water partition coefficient (Wildman–Crippen LogP) is 8.36. The van der Waals surface area contributed by atoms with Crippen molar-refractivity contribution < 1.29 is 23.5 Å². The lowest BCUT2D eigenvalue weighted by Crippen LogP contribution is -2.27. The van der Waals surface area contributed by atoms with Crippen LogP contribution in [0.1, 0.15) is 50.4 Å². The summed E-state index contributed by atoms with van der Waals surface area (Å²) in [5.74, 6) is -2.26. The summed E-state index contributed by atoms with van der Waals surface area (Å²) >= 11 is 0. The SMILES string of the molecule is C[C@H](NC(=O)c1cc(-c2cc(F)cc(C#N)c2)cc2ccn(Cc3ccc(-c4ccc(F)cc4)cc3)c12)c1ccc(C(=O)O)cc1. The molecule has 6 nitrogen and oxygen atoms in total. The number of nitrogens with zero attached hydrogens (tertiary/aromatic N) is 2. The van der Waals surface area contributed by atoms with Crippen LogP contribution < -0.4 is 5.32 Å². The monoisotopic (exact) mass is 611 g/mol. The minimum atomic E-state index is -1.04. The average molecular weight is 612 g/mol. The van der Waals surface area contributed by atoms with E-state index in [4.69, 9.17) is 0 Å². The van der Waals surface area contributed by atoms with Gasteiger partial charge in [-0.3, -0.25) is 4.79 Å². The number of carbonyl (C=O) groups is 2. The molecular weight excluding hydrogens is 584 g/mol. The maximum atomic E-state index is 14.4. The van der Waals surface area contributed by atoms with Crippen LogP contribution in [0, 0.1) is 23.0 Å². The van der Waals surface area contributed by atoms with Crippen LogP contribution in [-0.2, 0) is 6.54 Å². The van der Waals surface area contributed by atoms with Crippen LogP contribution in [0.5, 0.6) is 0 Å². The number of halogens is 2. The van der Waals surface area contributed by atoms with E-state index in [2.05, 4.69) is 5.32 Å². The zero-order chi connectivity index (χ0) is 32.4. The number of aromatic carboxylic acids is 1. The lowest BCUT2D eigenvalue weighted by Gasteiger charge is -2.17. The molecule has 0 bridgehead atoms. The van der Waals surface area contributed by atoms with Crippen molar-refractivity contribution in [1.29, 1.82) is 5.26 Å². The summed E-state index contributed by atoms with van der Waals surface area (Å²) in [5.41, 5.74) is 5.94. The highest BCUT2D eigenvalue weighted by molar-refractivity contribution is 6.08. The fourth-order valence-electron chi connectivity index (χ4n) is 5.56. The number of aromatic nitrogens is 1. The Balaban J connectivity index is 1.37. The van der Waals surface area contributed by atoms with Crippen LogP contribution in [0.25, 0.3) is 33.2 Å². The van der Waals surface area contributed by atoms with E-state index in [1.165, 1.54) is 30.3 Å². The largest absolute Gasteiger partial charge is 0.478 e. The Bertz CT molecular complexity index is 2130. The third-order valence-corrected chi connectivity index (χ3v) is 7.96. The number of amides is 1. The molecule has 1 amide bonds. The van der Waals surface area contributed by atoms with E-state index >= 15 is 0 Å². The topological polar surface area (TPSA) is 95.1 Å². The minimum absolute atomic E-state index is 0.145. The molecule has 8 heteroatoms. The fourth-order valence-corrected chi connectivity index (χ4v) is 5.56. The minimum Gasteiger partial charge on any atom is -0.478 e. The standard InChI is InChI=1S/C38H27F2N3O3/c1-23(26-6-8-29(9-7-26)38(45)46)42-37(44)35-20-32(31-16-25(21-41)17-34(40)19-31)18-30-14-15-43(36(30)35)22-24-2-4-27(5-3-24)28-10-12-33(39)13-11-28/h2-20,23H,22H2,1H3,(H,42,44)(H,45,46)/t23-/m0/s1. The van der Waals surface area contributed by atoms with Gasteiger partial charge in [0.1, 0.15) is 11.6 Å². The maximum Gasteiger partial charge on any atom is 0.335 e. The van der Waals surface area contributed by atoms with Crippen molar-refractivity contribution in [3.63, 3.8) is 0 Å². The molecule has 0 saturated carbocycles. The van der Waals surface area contributed by atoms with E-state index in [9.17, 15) is 28.7 Å². The fraction of sp³-hybridized carbons (Fsp3) is 0.0789. The van der Waals surface area contributed by atoms with Gasteiger partial charge in [0, 0.05) is 18.1 Å². The summed E-state index contributed by atoms with van der Waals surface area (Å²) < 4.78 is 29.8. The second-order valence-corrected chi connectivity index (χ2v) is 11.1. The molecule has 2 N–H and O–H groups in total. The molecule has 1 heterocycles. The molecule has 1 atom stereocenters. The van der Waals surface area contributed by atoms with Crippen LogP contribution in [0.2, 0.25) is 0 Å². The molecule has 0 aliphatic carbocycles. The third kappa shape index (κ3) is 6.26. The van der Waals surface area contributed by atoms with E-state index in [0.29, 0.717) is 28.8 Å². The lowest BCUT2D eigenvalue weighted by molar-refractivity contribution is 0.0696. The predicted molar refractivity (Wildman–Crippen MR) is 172 cm³/mol. The quantitative estimate of drug-likeness (QED) is 0.181. The molecular formula is C38H27F2N3O3. The van der Waals surface area contributed by atoms with Crippen molar-refractivity contribution in [3.05, 3.63) is 155 Å². The molecule has 6 rings (SSSR count). The summed E-state index contributed by atoms with van der Waals surface area (Å²) in [6.07, 6.45) is 1.89. The number of benzene rings is 5. The van der Waals surface area contributed by atoms with Gasteiger partial charge in [-0.15, -0.1) is 0 Å². The van der Waals surface area contributed by atoms with E-state index in [0.717, 1.165) is 33.7 Å². The maximum absolute atomic E-state index is 14.4. The number of rotatable bonds is 8. The van der Waals surface area contributed by atoms with Gasteiger partial charge in [-0.1, -0.05) is 48.5 Å². The highest BCUT2D eigenvalue weighted by Crippen LogP contribution is 2.31. The van der Waals surface area contributed by atoms with E-state index in [1.54, 1.807) is 36.4 Å². The van der Waals surface area contributed by atoms with Crippen LogP contribution in [-0.4, -0.2) is 21.6 Å². The zero-order valence-corrected chi connectivity index (χ0v) is 24.7. The first-order valence-electron chi connectivity index (χ1n) is 14.5. The third-order valence-electron chi connectivity index (χ3n) is 7.96. The first-order chi connectivity index (χ1) is 22.2. The van der Waals surface area contributed by atoms with Crippen molar-refractivity contribution in [2.75, 3.05) is 0 Å². The van der Waals surface area contributed by atoms with Gasteiger partial charge in [-0.05, 0) is 101 Å². The van der Waals surface area contributed by atoms with Gasteiger partial charge < -0.3 is 15.0 Å². The van der Waals surface area contributed by atoms with Crippen molar-refractivity contribution in [2.45, 2.75) is 19.5 Å². The van der Waals surface area contributed by atoms with Gasteiger partial charge in [0.2, 0.25) is 0 Å². The Morgan fingerprint density at radius 2 is 1.46 bits per heavy atom. The second kappa shape index (κ2) is 12.5. The zero-order valence-electron chi connectivity index (χ0n) is 24.7. The Kier molecular flexibility index (Phi) is 8.15. The Morgan fingerprint density at radius 3 is 2.11 bits per heavy atom. The van der Waals surface area contributed by atoms with E-state index in [-0.39, 0.29) is 22.9 Å². The van der Waals surface area contributed by atoms with Gasteiger partial charge in [0.15, 0.2) is 0 Å². The number of nitrogens with one attached hydrogen (secondary N) is 1. The average Bonchev–Trinajstić information content (AvgIpc) is 3.47. The normalized spacial score (nSPS) is 11.6. The van der Waals surface area contributed by atoms with E-state index in [1.807, 2.05) is 60.2 Å². The Morgan fingerprint density at radius 1 is 0.804 bits per heavy atom. The van der Waals surface area contributed by atoms with Crippen LogP contribution in [0.15, 0.2) is 115 Å². The number of fused-ring (bicyclic) bond motifs is 1. The summed E-state index contributed by atoms with van der Waals surface area (Å²) in [4.78, 5) is 25.2. The molecule has 226 valence electrons. The number of carboxylic acid groups (broad SMARTS) is 1. The van der Waals surface area contributed by atoms with Gasteiger partial charge in [-0.2, -0.15) is 5.26 Å². The second-order valence-electron chi connectivity index (χ2n) is 11.1. The molecule has 1 aromatic heterocycles. The van der Waals surface area contributed by atoms with Gasteiger partial charge >= 0.3 is 5.97 Å². The van der Waals surface area contributed by atoms with Crippen LogP contribution in [0.4, 0.5) is 8.78 Å². The smallest absolute Gasteiger partial charge is 0.335 e. The molecule has 0 unspecified atom stereocenters. The first kappa shape index (κ1) is 30.0. The van der Waals surface area contributed by atoms with Gasteiger partial charge in [0.05, 0.1) is 34.3 Å². The highest BCUT2D eigenvalue weighted by atomic mass is 19.1. The van der Waals surface area contributed by atoms with Crippen LogP contribution in [0.3, 0.4) is 0 Å². The van der Waals surface area contributed by atoms with Crippen molar-refractivity contribution >= 4 is 22.8 Å². The molecule has 0 fully saturated rings. The number of hydrogen-bond donors (Lipinski definition) is 2. The number of nitriles is 1. The van der Waals surface area contributed by atoms with Crippen molar-refractivity contribution in [2.24, 2.45) is 0 Å². The van der Waals surface area contributed by atoms with Crippen molar-refractivity contribution in [3.8, 4) is 28.3 Å². The summed E-state index contributed by atoms with van der Waals surface area (Å²) in [7, 11) is 0. The van der Waals surface area contributed by atoms with Gasteiger partial charge in [0.25, 0.3) is 5.91 Å². The van der Waals surface area contributed by atoms with Gasteiger partial charge in [-0.25, -0.2) is 13.6 Å². The molecule has 0 radical (unpaired) electrons. The molecule has 0 spiro atoms. The number of carbonyl (C=O) groups excluding carboxylic acids is 1. The Hall–Kier alpha value is -6.07. The number of hydrogen-bond acceptors (Lipinski definition) is 3. The number of carboxylic acids is 1. The van der Waals surface area contributed by atoms with Crippen molar-refractivity contribution in [1.82, 2.24) is 9.88 Å². The molecule has 46 heavy (non-hydrogen) atoms. The summed E-state index contributed by atoms with van der Waals surface area (Å²) in [6.45, 7) is 2.26.